The highest BCUT2D eigenvalue weighted by Crippen LogP contribution is 2.31. The van der Waals surface area contributed by atoms with Crippen molar-refractivity contribution in [3.05, 3.63) is 28.5 Å². The van der Waals surface area contributed by atoms with Gasteiger partial charge < -0.3 is 14.4 Å². The summed E-state index contributed by atoms with van der Waals surface area (Å²) in [6.07, 6.45) is 6.61. The normalized spacial score (nSPS) is 21.0. The summed E-state index contributed by atoms with van der Waals surface area (Å²) in [5.41, 5.74) is 0.729. The van der Waals surface area contributed by atoms with Gasteiger partial charge >= 0.3 is 0 Å². The summed E-state index contributed by atoms with van der Waals surface area (Å²) in [6.45, 7) is 2.56. The van der Waals surface area contributed by atoms with Gasteiger partial charge in [0.05, 0.1) is 18.9 Å². The highest BCUT2D eigenvalue weighted by Gasteiger charge is 2.40. The Morgan fingerprint density at radius 2 is 2.09 bits per heavy atom. The number of imidazole rings is 1. The van der Waals surface area contributed by atoms with Gasteiger partial charge in [0.2, 0.25) is 5.91 Å². The number of piperidine rings is 1. The quantitative estimate of drug-likeness (QED) is 0.778. The number of hydrogen-bond donors (Lipinski definition) is 0. The van der Waals surface area contributed by atoms with Crippen molar-refractivity contribution in [2.45, 2.75) is 18.6 Å². The summed E-state index contributed by atoms with van der Waals surface area (Å²) in [7, 11) is 0. The minimum atomic E-state index is -0.460. The molecule has 6 nitrogen and oxygen atoms in total. The van der Waals surface area contributed by atoms with E-state index in [-0.39, 0.29) is 5.91 Å². The fourth-order valence-corrected chi connectivity index (χ4v) is 4.04. The molecule has 0 N–H and O–H groups in total. The van der Waals surface area contributed by atoms with E-state index in [0.29, 0.717) is 31.5 Å². The molecule has 122 valence electrons. The first-order valence-corrected chi connectivity index (χ1v) is 8.79. The second kappa shape index (κ2) is 5.90. The molecule has 4 heterocycles. The van der Waals surface area contributed by atoms with Crippen molar-refractivity contribution in [1.29, 1.82) is 0 Å². The minimum absolute atomic E-state index is 0.0286. The maximum atomic E-state index is 12.4. The van der Waals surface area contributed by atoms with E-state index in [4.69, 9.17) is 21.1 Å². The first kappa shape index (κ1) is 15.1. The third kappa shape index (κ3) is 2.78. The van der Waals surface area contributed by atoms with E-state index >= 15 is 0 Å². The second-order valence-corrected chi connectivity index (χ2v) is 6.84. The van der Waals surface area contributed by atoms with Gasteiger partial charge in [-0.15, -0.1) is 11.3 Å². The van der Waals surface area contributed by atoms with Gasteiger partial charge in [0.1, 0.15) is 0 Å². The summed E-state index contributed by atoms with van der Waals surface area (Å²) in [5, 5.41) is 2.34. The van der Waals surface area contributed by atoms with Crippen LogP contribution in [-0.2, 0) is 14.3 Å². The standard InChI is InChI=1S/C15H16ClN3O3S/c16-13-11(19-7-10-23-14(19)17-13)1-2-12(20)18-5-3-15(4-6-18)21-8-9-22-15/h1-2,7,10H,3-6,8-9H2/b2-1+. The Morgan fingerprint density at radius 1 is 1.35 bits per heavy atom. The molecule has 2 aromatic heterocycles. The summed E-state index contributed by atoms with van der Waals surface area (Å²) >= 11 is 7.63. The van der Waals surface area contributed by atoms with E-state index < -0.39 is 5.79 Å². The number of hydrogen-bond acceptors (Lipinski definition) is 5. The van der Waals surface area contributed by atoms with Crippen LogP contribution in [0.15, 0.2) is 17.7 Å². The molecule has 2 aliphatic heterocycles. The van der Waals surface area contributed by atoms with Gasteiger partial charge in [-0.3, -0.25) is 9.20 Å². The van der Waals surface area contributed by atoms with Crippen LogP contribution in [0.25, 0.3) is 11.0 Å². The van der Waals surface area contributed by atoms with Crippen molar-refractivity contribution in [3.8, 4) is 0 Å². The van der Waals surface area contributed by atoms with Crippen LogP contribution in [0, 0.1) is 0 Å². The van der Waals surface area contributed by atoms with Crippen molar-refractivity contribution in [1.82, 2.24) is 14.3 Å². The number of nitrogens with zero attached hydrogens (tertiary/aromatic N) is 3. The van der Waals surface area contributed by atoms with Crippen molar-refractivity contribution in [2.24, 2.45) is 0 Å². The Balaban J connectivity index is 1.44. The van der Waals surface area contributed by atoms with E-state index in [0.717, 1.165) is 23.5 Å². The zero-order chi connectivity index (χ0) is 15.9. The van der Waals surface area contributed by atoms with Crippen molar-refractivity contribution in [3.63, 3.8) is 0 Å². The molecule has 0 aromatic carbocycles. The monoisotopic (exact) mass is 353 g/mol. The molecule has 2 fully saturated rings. The summed E-state index contributed by atoms with van der Waals surface area (Å²) < 4.78 is 13.2. The van der Waals surface area contributed by atoms with Crippen LogP contribution in [0.2, 0.25) is 5.15 Å². The predicted octanol–water partition coefficient (Wildman–Crippen LogP) is 2.43. The third-order valence-corrected chi connectivity index (χ3v) is 5.32. The van der Waals surface area contributed by atoms with Crippen LogP contribution < -0.4 is 0 Å². The zero-order valence-corrected chi connectivity index (χ0v) is 14.0. The average Bonchev–Trinajstić information content (AvgIpc) is 3.24. The first-order valence-electron chi connectivity index (χ1n) is 7.53. The molecular weight excluding hydrogens is 338 g/mol. The number of thiazole rings is 1. The number of fused-ring (bicyclic) bond motifs is 1. The lowest BCUT2D eigenvalue weighted by atomic mass is 10.0. The molecule has 1 spiro atoms. The van der Waals surface area contributed by atoms with Crippen molar-refractivity contribution in [2.75, 3.05) is 26.3 Å². The fourth-order valence-electron chi connectivity index (χ4n) is 3.04. The Labute approximate surface area is 142 Å². The zero-order valence-electron chi connectivity index (χ0n) is 12.4. The molecule has 0 aliphatic carbocycles. The van der Waals surface area contributed by atoms with Crippen LogP contribution in [-0.4, -0.2) is 52.3 Å². The lowest BCUT2D eigenvalue weighted by Gasteiger charge is -2.37. The summed E-state index contributed by atoms with van der Waals surface area (Å²) in [6, 6.07) is 0. The topological polar surface area (TPSA) is 56.1 Å². The molecular formula is C15H16ClN3O3S. The van der Waals surface area contributed by atoms with E-state index in [1.165, 1.54) is 11.3 Å². The maximum Gasteiger partial charge on any atom is 0.246 e. The molecule has 0 bridgehead atoms. The van der Waals surface area contributed by atoms with E-state index in [9.17, 15) is 4.79 Å². The van der Waals surface area contributed by atoms with Crippen molar-refractivity contribution < 1.29 is 14.3 Å². The van der Waals surface area contributed by atoms with Gasteiger partial charge in [-0.2, -0.15) is 0 Å². The number of amides is 1. The van der Waals surface area contributed by atoms with E-state index in [1.807, 2.05) is 20.9 Å². The largest absolute Gasteiger partial charge is 0.347 e. The Morgan fingerprint density at radius 3 is 2.83 bits per heavy atom. The van der Waals surface area contributed by atoms with Gasteiger partial charge in [0.25, 0.3) is 0 Å². The smallest absolute Gasteiger partial charge is 0.246 e. The number of likely N-dealkylation sites (tertiary alicyclic amines) is 1. The molecule has 2 saturated heterocycles. The molecule has 1 amide bonds. The number of carbonyl (C=O) groups is 1. The van der Waals surface area contributed by atoms with Crippen LogP contribution in [0.5, 0.6) is 0 Å². The van der Waals surface area contributed by atoms with E-state index in [2.05, 4.69) is 4.98 Å². The van der Waals surface area contributed by atoms with Gasteiger partial charge in [0.15, 0.2) is 15.9 Å². The van der Waals surface area contributed by atoms with Crippen LogP contribution in [0.3, 0.4) is 0 Å². The molecule has 0 atom stereocenters. The lowest BCUT2D eigenvalue weighted by molar-refractivity contribution is -0.186. The molecule has 2 aromatic rings. The SMILES string of the molecule is O=C(/C=C/c1c(Cl)nc2sccn12)N1CCC2(CC1)OCCO2. The number of aromatic nitrogens is 2. The van der Waals surface area contributed by atoms with Crippen LogP contribution >= 0.6 is 22.9 Å². The van der Waals surface area contributed by atoms with Crippen molar-refractivity contribution >= 4 is 39.9 Å². The number of carbonyl (C=O) groups excluding carboxylic acids is 1. The van der Waals surface area contributed by atoms with E-state index in [1.54, 1.807) is 12.2 Å². The molecule has 2 aliphatic rings. The Hall–Kier alpha value is -1.41. The second-order valence-electron chi connectivity index (χ2n) is 5.61. The highest BCUT2D eigenvalue weighted by molar-refractivity contribution is 7.15. The molecule has 8 heteroatoms. The highest BCUT2D eigenvalue weighted by atomic mass is 35.5. The maximum absolute atomic E-state index is 12.4. The van der Waals surface area contributed by atoms with Gasteiger partial charge in [-0.05, 0) is 6.08 Å². The number of ether oxygens (including phenoxy) is 2. The number of rotatable bonds is 2. The summed E-state index contributed by atoms with van der Waals surface area (Å²) in [4.78, 5) is 19.2. The molecule has 4 rings (SSSR count). The van der Waals surface area contributed by atoms with Crippen LogP contribution in [0.1, 0.15) is 18.5 Å². The fraction of sp³-hybridized carbons (Fsp3) is 0.467. The molecule has 23 heavy (non-hydrogen) atoms. The molecule has 0 unspecified atom stereocenters. The summed E-state index contributed by atoms with van der Waals surface area (Å²) in [5.74, 6) is -0.489. The first-order chi connectivity index (χ1) is 11.2. The Bertz CT molecular complexity index is 753. The molecule has 0 radical (unpaired) electrons. The van der Waals surface area contributed by atoms with Gasteiger partial charge in [-0.25, -0.2) is 4.98 Å². The van der Waals surface area contributed by atoms with Gasteiger partial charge in [0, 0.05) is 43.6 Å². The average molecular weight is 354 g/mol. The van der Waals surface area contributed by atoms with Gasteiger partial charge in [-0.1, -0.05) is 11.6 Å². The number of halogens is 1. The third-order valence-electron chi connectivity index (χ3n) is 4.29. The lowest BCUT2D eigenvalue weighted by Crippen LogP contribution is -2.46. The minimum Gasteiger partial charge on any atom is -0.347 e. The van der Waals surface area contributed by atoms with Crippen LogP contribution in [0.4, 0.5) is 0 Å². The Kier molecular flexibility index (Phi) is 3.88. The predicted molar refractivity (Wildman–Crippen MR) is 87.6 cm³/mol. The molecule has 0 saturated carbocycles.